The molecule has 1 saturated heterocycles. The molecule has 0 saturated carbocycles. The van der Waals surface area contributed by atoms with Crippen molar-refractivity contribution in [3.8, 4) is 0 Å². The van der Waals surface area contributed by atoms with E-state index in [1.54, 1.807) is 6.92 Å². The average molecular weight is 436 g/mol. The van der Waals surface area contributed by atoms with Crippen LogP contribution in [-0.2, 0) is 20.4 Å². The van der Waals surface area contributed by atoms with Crippen LogP contribution in [0.15, 0.2) is 30.3 Å². The number of hydrogen-bond donors (Lipinski definition) is 1. The molecule has 2 rings (SSSR count). The summed E-state index contributed by atoms with van der Waals surface area (Å²) in [5, 5.41) is 11.1. The molecule has 0 radical (unpaired) electrons. The van der Waals surface area contributed by atoms with E-state index in [2.05, 4.69) is 33.9 Å². The molecule has 5 atom stereocenters. The molecule has 1 heterocycles. The van der Waals surface area contributed by atoms with E-state index in [0.717, 1.165) is 5.56 Å². The molecule has 168 valence electrons. The third kappa shape index (κ3) is 5.92. The van der Waals surface area contributed by atoms with E-state index in [-0.39, 0.29) is 30.1 Å². The van der Waals surface area contributed by atoms with Crippen LogP contribution in [-0.4, -0.2) is 55.9 Å². The highest BCUT2D eigenvalue weighted by Crippen LogP contribution is 2.33. The Morgan fingerprint density at radius 3 is 2.40 bits per heavy atom. The van der Waals surface area contributed by atoms with Crippen LogP contribution in [0.2, 0.25) is 13.1 Å². The maximum absolute atomic E-state index is 13.2. The van der Waals surface area contributed by atoms with Gasteiger partial charge in [0.25, 0.3) is 0 Å². The fourth-order valence-corrected chi connectivity index (χ4v) is 5.42. The van der Waals surface area contributed by atoms with Crippen molar-refractivity contribution in [2.75, 3.05) is 6.61 Å². The van der Waals surface area contributed by atoms with E-state index < -0.39 is 33.1 Å². The lowest BCUT2D eigenvalue weighted by atomic mass is 9.77. The normalized spacial score (nSPS) is 21.3. The highest BCUT2D eigenvalue weighted by atomic mass is 28.3. The van der Waals surface area contributed by atoms with Crippen LogP contribution in [0.4, 0.5) is 4.79 Å². The monoisotopic (exact) mass is 435 g/mol. The van der Waals surface area contributed by atoms with Gasteiger partial charge in [-0.25, -0.2) is 9.69 Å². The smallest absolute Gasteiger partial charge is 0.416 e. The lowest BCUT2D eigenvalue weighted by molar-refractivity contribution is -0.139. The van der Waals surface area contributed by atoms with Crippen LogP contribution >= 0.6 is 0 Å². The first-order valence-corrected chi connectivity index (χ1v) is 13.6. The summed E-state index contributed by atoms with van der Waals surface area (Å²) in [6.45, 7) is 14.2. The molecule has 0 aromatic heterocycles. The molecule has 1 aliphatic rings. The number of rotatable bonds is 8. The zero-order valence-corrected chi connectivity index (χ0v) is 20.4. The molecule has 0 aliphatic carbocycles. The molecule has 1 fully saturated rings. The van der Waals surface area contributed by atoms with Gasteiger partial charge in [0, 0.05) is 5.92 Å². The lowest BCUT2D eigenvalue weighted by Crippen LogP contribution is -2.50. The quantitative estimate of drug-likeness (QED) is 0.631. The van der Waals surface area contributed by atoms with E-state index in [1.807, 2.05) is 37.3 Å². The molecule has 30 heavy (non-hydrogen) atoms. The number of benzene rings is 1. The number of carbonyl (C=O) groups excluding carboxylic acids is 2. The molecule has 7 heteroatoms. The van der Waals surface area contributed by atoms with Gasteiger partial charge in [-0.1, -0.05) is 65.0 Å². The summed E-state index contributed by atoms with van der Waals surface area (Å²) in [7, 11) is -1.34. The van der Waals surface area contributed by atoms with Crippen LogP contribution in [0.1, 0.15) is 40.2 Å². The van der Waals surface area contributed by atoms with Gasteiger partial charge in [0.05, 0.1) is 24.2 Å². The number of imide groups is 1. The fraction of sp³-hybridized carbons (Fsp3) is 0.652. The van der Waals surface area contributed by atoms with E-state index in [0.29, 0.717) is 6.42 Å². The molecular weight excluding hydrogens is 398 g/mol. The fourth-order valence-electron chi connectivity index (χ4n) is 4.18. The summed E-state index contributed by atoms with van der Waals surface area (Å²) in [5.74, 6) is -1.40. The van der Waals surface area contributed by atoms with Crippen molar-refractivity contribution in [1.29, 1.82) is 0 Å². The Morgan fingerprint density at radius 1 is 1.27 bits per heavy atom. The second kappa shape index (κ2) is 10.1. The van der Waals surface area contributed by atoms with E-state index in [1.165, 1.54) is 4.90 Å². The van der Waals surface area contributed by atoms with Crippen molar-refractivity contribution in [1.82, 2.24) is 4.90 Å². The molecule has 1 aromatic rings. The second-order valence-electron chi connectivity index (χ2n) is 9.74. The van der Waals surface area contributed by atoms with Gasteiger partial charge in [-0.05, 0) is 30.5 Å². The van der Waals surface area contributed by atoms with Crippen LogP contribution in [0, 0.1) is 17.3 Å². The number of ether oxygens (including phenoxy) is 1. The third-order valence-corrected chi connectivity index (χ3v) is 6.54. The van der Waals surface area contributed by atoms with Crippen LogP contribution in [0.3, 0.4) is 0 Å². The Balaban J connectivity index is 2.15. The number of aliphatic hydroxyl groups excluding tert-OH is 1. The van der Waals surface area contributed by atoms with Crippen molar-refractivity contribution in [3.05, 3.63) is 35.9 Å². The van der Waals surface area contributed by atoms with Crippen LogP contribution in [0.5, 0.6) is 0 Å². The summed E-state index contributed by atoms with van der Waals surface area (Å²) in [6, 6.07) is 9.35. The summed E-state index contributed by atoms with van der Waals surface area (Å²) >= 11 is 0. The highest BCUT2D eigenvalue weighted by Gasteiger charge is 2.44. The predicted octanol–water partition coefficient (Wildman–Crippen LogP) is 3.62. The maximum Gasteiger partial charge on any atom is 0.416 e. The Labute approximate surface area is 182 Å². The third-order valence-electron chi connectivity index (χ3n) is 5.70. The summed E-state index contributed by atoms with van der Waals surface area (Å²) in [6.07, 6.45) is -1.21. The molecule has 6 nitrogen and oxygen atoms in total. The number of amides is 2. The van der Waals surface area contributed by atoms with Crippen molar-refractivity contribution >= 4 is 21.0 Å². The minimum atomic E-state index is -1.34. The largest absolute Gasteiger partial charge is 0.447 e. The Hall–Kier alpha value is -1.70. The van der Waals surface area contributed by atoms with Gasteiger partial charge in [0.15, 0.2) is 9.04 Å². The molecule has 1 unspecified atom stereocenters. The highest BCUT2D eigenvalue weighted by molar-refractivity contribution is 6.48. The molecule has 1 aliphatic heterocycles. The number of nitrogens with zero attached hydrogens (tertiary/aromatic N) is 1. The zero-order valence-electron chi connectivity index (χ0n) is 19.3. The van der Waals surface area contributed by atoms with Gasteiger partial charge in [0.2, 0.25) is 5.91 Å². The summed E-state index contributed by atoms with van der Waals surface area (Å²) in [5.41, 5.74) is 0.853. The van der Waals surface area contributed by atoms with Gasteiger partial charge in [-0.2, -0.15) is 0 Å². The van der Waals surface area contributed by atoms with Crippen molar-refractivity contribution in [2.45, 2.75) is 72.4 Å². The molecule has 2 amide bonds. The van der Waals surface area contributed by atoms with Crippen molar-refractivity contribution < 1.29 is 23.9 Å². The maximum atomic E-state index is 13.2. The van der Waals surface area contributed by atoms with E-state index >= 15 is 0 Å². The molecule has 1 aromatic carbocycles. The number of hydrogen-bond acceptors (Lipinski definition) is 5. The number of aliphatic hydroxyl groups is 1. The Kier molecular flexibility index (Phi) is 8.25. The minimum Gasteiger partial charge on any atom is -0.447 e. The first kappa shape index (κ1) is 24.6. The van der Waals surface area contributed by atoms with Gasteiger partial charge in [-0.3, -0.25) is 4.79 Å². The van der Waals surface area contributed by atoms with Crippen LogP contribution in [0.25, 0.3) is 0 Å². The van der Waals surface area contributed by atoms with E-state index in [9.17, 15) is 14.7 Å². The Morgan fingerprint density at radius 2 is 1.87 bits per heavy atom. The second-order valence-corrected chi connectivity index (χ2v) is 12.1. The van der Waals surface area contributed by atoms with Crippen molar-refractivity contribution in [2.24, 2.45) is 17.3 Å². The first-order valence-electron chi connectivity index (χ1n) is 10.8. The molecule has 0 spiro atoms. The summed E-state index contributed by atoms with van der Waals surface area (Å²) < 4.78 is 11.4. The number of carbonyl (C=O) groups is 2. The summed E-state index contributed by atoms with van der Waals surface area (Å²) in [4.78, 5) is 26.8. The van der Waals surface area contributed by atoms with Gasteiger partial charge in [-0.15, -0.1) is 0 Å². The number of cyclic esters (lactones) is 1. The lowest BCUT2D eigenvalue weighted by Gasteiger charge is -2.40. The zero-order chi connectivity index (χ0) is 22.6. The standard InChI is InChI=1S/C23H37NO5Si/c1-15(20(23(3,4)5)29-30(6)7)19(25)16(2)21(26)24-18(14-28-22(24)27)13-17-11-9-8-10-12-17/h8-12,15-16,18-20,25,30H,13-14H2,1-7H3/t15-,16+,18+,19+,20?/m0/s1. The van der Waals surface area contributed by atoms with Gasteiger partial charge >= 0.3 is 6.09 Å². The Bertz CT molecular complexity index is 718. The topological polar surface area (TPSA) is 76.1 Å². The predicted molar refractivity (Wildman–Crippen MR) is 120 cm³/mol. The molecule has 1 N–H and O–H groups in total. The molecular formula is C23H37NO5Si. The van der Waals surface area contributed by atoms with Crippen molar-refractivity contribution in [3.63, 3.8) is 0 Å². The van der Waals surface area contributed by atoms with Gasteiger partial charge in [0.1, 0.15) is 6.61 Å². The average Bonchev–Trinajstić information content (AvgIpc) is 3.03. The SMILES string of the molecule is C[C@H](C(O[SiH](C)C)C(C)(C)C)[C@@H](O)[C@@H](C)C(=O)N1C(=O)OC[C@H]1Cc1ccccc1. The van der Waals surface area contributed by atoms with Gasteiger partial charge < -0.3 is 14.3 Å². The minimum absolute atomic E-state index is 0.171. The van der Waals surface area contributed by atoms with E-state index in [4.69, 9.17) is 9.16 Å². The first-order chi connectivity index (χ1) is 13.9. The molecule has 0 bridgehead atoms. The van der Waals surface area contributed by atoms with Crippen LogP contribution < -0.4 is 0 Å².